The highest BCUT2D eigenvalue weighted by atomic mass is 35.5. The molecule has 60 valence electrons. The zero-order chi connectivity index (χ0) is 7.56. The molecule has 1 heterocycles. The number of pyridine rings is 1. The van der Waals surface area contributed by atoms with Crippen molar-refractivity contribution in [2.75, 3.05) is 0 Å². The number of hydrogen-bond acceptors (Lipinski definition) is 2. The van der Waals surface area contributed by atoms with E-state index in [1.165, 1.54) is 18.5 Å². The summed E-state index contributed by atoms with van der Waals surface area (Å²) in [4.78, 5) is 14.2. The third kappa shape index (κ3) is 2.66. The molecule has 0 unspecified atom stereocenters. The van der Waals surface area contributed by atoms with Crippen LogP contribution in [0.15, 0.2) is 18.5 Å². The van der Waals surface area contributed by atoms with Gasteiger partial charge in [0.1, 0.15) is 0 Å². The van der Waals surface area contributed by atoms with E-state index in [-0.39, 0.29) is 17.4 Å². The van der Waals surface area contributed by atoms with E-state index in [0.29, 0.717) is 5.56 Å². The average Bonchev–Trinajstić information content (AvgIpc) is 1.88. The molecule has 0 amide bonds. The molecule has 0 N–H and O–H groups in total. The van der Waals surface area contributed by atoms with E-state index in [0.717, 1.165) is 0 Å². The second-order valence-electron chi connectivity index (χ2n) is 1.63. The highest BCUT2D eigenvalue weighted by Crippen LogP contribution is 2.14. The lowest BCUT2D eigenvalue weighted by molar-refractivity contribution is 0.108. The number of carbonyl (C=O) groups excluding carboxylic acids is 1. The van der Waals surface area contributed by atoms with Crippen LogP contribution >= 0.6 is 35.6 Å². The molecule has 0 saturated carbocycles. The third-order valence-electron chi connectivity index (χ3n) is 0.984. The van der Waals surface area contributed by atoms with E-state index < -0.39 is 5.24 Å². The van der Waals surface area contributed by atoms with Crippen molar-refractivity contribution in [3.05, 3.63) is 29.0 Å². The van der Waals surface area contributed by atoms with E-state index in [1.807, 2.05) is 0 Å². The standard InChI is InChI=1S/C6H3Cl2NO.ClH/c7-5-3-9-2-1-4(5)6(8)10;/h1-3H;1H. The molecule has 0 fully saturated rings. The predicted molar refractivity (Wildman–Crippen MR) is 46.7 cm³/mol. The third-order valence-corrected chi connectivity index (χ3v) is 1.49. The maximum Gasteiger partial charge on any atom is 0.254 e. The molecule has 5 heteroatoms. The molecule has 0 aliphatic rings. The Morgan fingerprint density at radius 2 is 2.18 bits per heavy atom. The second kappa shape index (κ2) is 4.54. The number of halogens is 3. The SMILES string of the molecule is Cl.O=C(Cl)c1ccncc1Cl. The van der Waals surface area contributed by atoms with Gasteiger partial charge in [0.15, 0.2) is 0 Å². The summed E-state index contributed by atoms with van der Waals surface area (Å²) >= 11 is 10.7. The van der Waals surface area contributed by atoms with E-state index in [4.69, 9.17) is 23.2 Å². The van der Waals surface area contributed by atoms with Gasteiger partial charge in [0, 0.05) is 12.4 Å². The first-order valence-corrected chi connectivity index (χ1v) is 3.27. The largest absolute Gasteiger partial charge is 0.276 e. The van der Waals surface area contributed by atoms with Crippen LogP contribution in [0, 0.1) is 0 Å². The second-order valence-corrected chi connectivity index (χ2v) is 2.38. The lowest BCUT2D eigenvalue weighted by atomic mass is 10.3. The van der Waals surface area contributed by atoms with Gasteiger partial charge < -0.3 is 0 Å². The zero-order valence-corrected chi connectivity index (χ0v) is 7.58. The molecule has 0 atom stereocenters. The smallest absolute Gasteiger partial charge is 0.254 e. The van der Waals surface area contributed by atoms with Crippen molar-refractivity contribution < 1.29 is 4.79 Å². The van der Waals surface area contributed by atoms with Gasteiger partial charge in [-0.3, -0.25) is 9.78 Å². The number of aromatic nitrogens is 1. The number of nitrogens with zero attached hydrogens (tertiary/aromatic N) is 1. The van der Waals surface area contributed by atoms with Crippen LogP contribution in [0.4, 0.5) is 0 Å². The quantitative estimate of drug-likeness (QED) is 0.670. The first-order valence-electron chi connectivity index (χ1n) is 2.51. The molecule has 1 aromatic rings. The molecule has 11 heavy (non-hydrogen) atoms. The summed E-state index contributed by atoms with van der Waals surface area (Å²) in [7, 11) is 0. The van der Waals surface area contributed by atoms with E-state index in [1.54, 1.807) is 0 Å². The van der Waals surface area contributed by atoms with Crippen LogP contribution < -0.4 is 0 Å². The Balaban J connectivity index is 0.000001000. The topological polar surface area (TPSA) is 30.0 Å². The highest BCUT2D eigenvalue weighted by molar-refractivity contribution is 6.68. The number of hydrogen-bond donors (Lipinski definition) is 0. The highest BCUT2D eigenvalue weighted by Gasteiger charge is 2.04. The normalized spacial score (nSPS) is 8.55. The molecule has 1 rings (SSSR count). The zero-order valence-electron chi connectivity index (χ0n) is 5.25. The van der Waals surface area contributed by atoms with Crippen LogP contribution in [0.1, 0.15) is 10.4 Å². The van der Waals surface area contributed by atoms with E-state index >= 15 is 0 Å². The van der Waals surface area contributed by atoms with Crippen LogP contribution in [-0.4, -0.2) is 10.2 Å². The van der Waals surface area contributed by atoms with Crippen LogP contribution in [-0.2, 0) is 0 Å². The first kappa shape index (κ1) is 10.7. The molecular formula is C6H4Cl3NO. The molecule has 0 radical (unpaired) electrons. The van der Waals surface area contributed by atoms with Gasteiger partial charge in [-0.2, -0.15) is 0 Å². The van der Waals surface area contributed by atoms with E-state index in [2.05, 4.69) is 4.98 Å². The van der Waals surface area contributed by atoms with Crippen molar-refractivity contribution in [2.24, 2.45) is 0 Å². The van der Waals surface area contributed by atoms with Crippen molar-refractivity contribution >= 4 is 40.9 Å². The molecule has 0 bridgehead atoms. The Kier molecular flexibility index (Phi) is 4.42. The fourth-order valence-corrected chi connectivity index (χ4v) is 0.953. The minimum atomic E-state index is -0.563. The van der Waals surface area contributed by atoms with Crippen molar-refractivity contribution in [3.63, 3.8) is 0 Å². The Hall–Kier alpha value is -0.310. The summed E-state index contributed by atoms with van der Waals surface area (Å²) in [6.45, 7) is 0. The molecule has 0 aliphatic carbocycles. The fourth-order valence-electron chi connectivity index (χ4n) is 0.535. The number of rotatable bonds is 1. The number of carbonyl (C=O) groups is 1. The van der Waals surface area contributed by atoms with Crippen LogP contribution in [0.2, 0.25) is 5.02 Å². The van der Waals surface area contributed by atoms with Gasteiger partial charge in [0.25, 0.3) is 5.24 Å². The molecule has 2 nitrogen and oxygen atoms in total. The van der Waals surface area contributed by atoms with Gasteiger partial charge in [-0.15, -0.1) is 12.4 Å². The van der Waals surface area contributed by atoms with Crippen LogP contribution in [0.25, 0.3) is 0 Å². The van der Waals surface area contributed by atoms with Crippen molar-refractivity contribution in [3.8, 4) is 0 Å². The van der Waals surface area contributed by atoms with Gasteiger partial charge in [0.2, 0.25) is 0 Å². The van der Waals surface area contributed by atoms with E-state index in [9.17, 15) is 4.79 Å². The average molecular weight is 212 g/mol. The Bertz CT molecular complexity index is 264. The van der Waals surface area contributed by atoms with Gasteiger partial charge in [-0.25, -0.2) is 0 Å². The Labute approximate surface area is 79.9 Å². The molecular weight excluding hydrogens is 208 g/mol. The van der Waals surface area contributed by atoms with Crippen molar-refractivity contribution in [2.45, 2.75) is 0 Å². The summed E-state index contributed by atoms with van der Waals surface area (Å²) in [5.74, 6) is 0. The summed E-state index contributed by atoms with van der Waals surface area (Å²) in [6, 6.07) is 1.47. The summed E-state index contributed by atoms with van der Waals surface area (Å²) in [5, 5.41) is -0.282. The van der Waals surface area contributed by atoms with Crippen LogP contribution in [0.5, 0.6) is 0 Å². The first-order chi connectivity index (χ1) is 4.72. The van der Waals surface area contributed by atoms with Crippen molar-refractivity contribution in [1.82, 2.24) is 4.98 Å². The monoisotopic (exact) mass is 211 g/mol. The molecule has 0 saturated heterocycles. The maximum atomic E-state index is 10.5. The fraction of sp³-hybridized carbons (Fsp3) is 0. The Morgan fingerprint density at radius 1 is 1.55 bits per heavy atom. The predicted octanol–water partition coefficient (Wildman–Crippen LogP) is 2.54. The van der Waals surface area contributed by atoms with Gasteiger partial charge in [-0.1, -0.05) is 11.6 Å². The lowest BCUT2D eigenvalue weighted by Crippen LogP contribution is -1.89. The summed E-state index contributed by atoms with van der Waals surface area (Å²) in [5.41, 5.74) is 0.290. The molecule has 1 aromatic heterocycles. The minimum absolute atomic E-state index is 0. The van der Waals surface area contributed by atoms with Crippen molar-refractivity contribution in [1.29, 1.82) is 0 Å². The molecule has 0 spiro atoms. The van der Waals surface area contributed by atoms with Crippen LogP contribution in [0.3, 0.4) is 0 Å². The van der Waals surface area contributed by atoms with Gasteiger partial charge in [-0.05, 0) is 17.7 Å². The lowest BCUT2D eigenvalue weighted by Gasteiger charge is -1.93. The van der Waals surface area contributed by atoms with Gasteiger partial charge in [0.05, 0.1) is 10.6 Å². The summed E-state index contributed by atoms with van der Waals surface area (Å²) < 4.78 is 0. The molecule has 0 aliphatic heterocycles. The molecule has 0 aromatic carbocycles. The maximum absolute atomic E-state index is 10.5. The summed E-state index contributed by atoms with van der Waals surface area (Å²) in [6.07, 6.45) is 2.83. The minimum Gasteiger partial charge on any atom is -0.276 e. The Morgan fingerprint density at radius 3 is 2.55 bits per heavy atom. The van der Waals surface area contributed by atoms with Gasteiger partial charge >= 0.3 is 0 Å².